The van der Waals surface area contributed by atoms with Crippen molar-refractivity contribution >= 4 is 17.5 Å². The van der Waals surface area contributed by atoms with Crippen LogP contribution in [0.4, 0.5) is 0 Å². The molecule has 1 atom stereocenters. The molecule has 0 aliphatic heterocycles. The second-order valence-corrected chi connectivity index (χ2v) is 4.89. The van der Waals surface area contributed by atoms with Gasteiger partial charge in [0.15, 0.2) is 5.78 Å². The molecule has 19 heavy (non-hydrogen) atoms. The van der Waals surface area contributed by atoms with Gasteiger partial charge in [-0.15, -0.1) is 11.8 Å². The lowest BCUT2D eigenvalue weighted by Gasteiger charge is -2.11. The lowest BCUT2D eigenvalue weighted by molar-refractivity contribution is 0.0976. The number of carbonyl (C=O) groups is 1. The third kappa shape index (κ3) is 2.86. The van der Waals surface area contributed by atoms with Crippen LogP contribution in [-0.4, -0.2) is 12.0 Å². The fourth-order valence-corrected chi connectivity index (χ4v) is 2.54. The zero-order valence-electron chi connectivity index (χ0n) is 10.5. The Morgan fingerprint density at radius 2 is 1.74 bits per heavy atom. The molecule has 0 bridgehead atoms. The van der Waals surface area contributed by atoms with Gasteiger partial charge < -0.3 is 0 Å². The molecule has 0 radical (unpaired) electrons. The highest BCUT2D eigenvalue weighted by atomic mass is 32.2. The van der Waals surface area contributed by atoms with Crippen molar-refractivity contribution in [1.82, 2.24) is 0 Å². The van der Waals surface area contributed by atoms with Gasteiger partial charge >= 0.3 is 0 Å². The van der Waals surface area contributed by atoms with Crippen LogP contribution < -0.4 is 0 Å². The Morgan fingerprint density at radius 3 is 2.37 bits per heavy atom. The first-order valence-electron chi connectivity index (χ1n) is 5.89. The van der Waals surface area contributed by atoms with Crippen molar-refractivity contribution in [1.29, 1.82) is 5.26 Å². The molecule has 3 heteroatoms. The maximum atomic E-state index is 12.5. The second kappa shape index (κ2) is 6.21. The van der Waals surface area contributed by atoms with Gasteiger partial charge in [0.1, 0.15) is 5.92 Å². The smallest absolute Gasteiger partial charge is 0.185 e. The van der Waals surface area contributed by atoms with E-state index in [9.17, 15) is 10.1 Å². The summed E-state index contributed by atoms with van der Waals surface area (Å²) in [6.45, 7) is 0. The fourth-order valence-electron chi connectivity index (χ4n) is 1.93. The predicted molar refractivity (Wildman–Crippen MR) is 77.3 cm³/mol. The van der Waals surface area contributed by atoms with Crippen LogP contribution in [0.25, 0.3) is 0 Å². The zero-order chi connectivity index (χ0) is 13.7. The highest BCUT2D eigenvalue weighted by Crippen LogP contribution is 2.26. The number of nitrogens with zero attached hydrogens (tertiary/aromatic N) is 1. The molecule has 2 rings (SSSR count). The van der Waals surface area contributed by atoms with Gasteiger partial charge in [0.05, 0.1) is 6.07 Å². The Bertz CT molecular complexity index is 616. The number of Topliss-reactive ketones (excluding diaryl/α,β-unsaturated/α-hetero) is 1. The quantitative estimate of drug-likeness (QED) is 0.623. The third-order valence-electron chi connectivity index (χ3n) is 2.90. The Hall–Kier alpha value is -2.05. The summed E-state index contributed by atoms with van der Waals surface area (Å²) in [5, 5.41) is 9.30. The van der Waals surface area contributed by atoms with Crippen LogP contribution >= 0.6 is 11.8 Å². The van der Waals surface area contributed by atoms with Gasteiger partial charge in [0.2, 0.25) is 0 Å². The van der Waals surface area contributed by atoms with Gasteiger partial charge in [0.25, 0.3) is 0 Å². The summed E-state index contributed by atoms with van der Waals surface area (Å²) in [6.07, 6.45) is 1.93. The number of ketones is 1. The predicted octanol–water partition coefficient (Wildman–Crippen LogP) is 3.90. The Balaban J connectivity index is 2.40. The van der Waals surface area contributed by atoms with Crippen LogP contribution in [-0.2, 0) is 0 Å². The highest BCUT2D eigenvalue weighted by molar-refractivity contribution is 7.98. The molecule has 0 aliphatic rings. The number of hydrogen-bond acceptors (Lipinski definition) is 3. The molecule has 0 spiro atoms. The zero-order valence-corrected chi connectivity index (χ0v) is 11.4. The fraction of sp³-hybridized carbons (Fsp3) is 0.125. The van der Waals surface area contributed by atoms with Crippen molar-refractivity contribution in [2.24, 2.45) is 0 Å². The van der Waals surface area contributed by atoms with Crippen LogP contribution in [0.1, 0.15) is 21.8 Å². The lowest BCUT2D eigenvalue weighted by atomic mass is 9.92. The van der Waals surface area contributed by atoms with Crippen LogP contribution in [0.2, 0.25) is 0 Å². The molecule has 0 heterocycles. The number of carbonyl (C=O) groups excluding carboxylic acids is 1. The molecule has 2 aromatic rings. The first-order valence-corrected chi connectivity index (χ1v) is 7.12. The van der Waals surface area contributed by atoms with E-state index >= 15 is 0 Å². The maximum absolute atomic E-state index is 12.5. The summed E-state index contributed by atoms with van der Waals surface area (Å²) in [5.41, 5.74) is 1.36. The summed E-state index contributed by atoms with van der Waals surface area (Å²) in [4.78, 5) is 13.4. The van der Waals surface area contributed by atoms with Gasteiger partial charge in [-0.05, 0) is 17.9 Å². The maximum Gasteiger partial charge on any atom is 0.185 e. The number of nitriles is 1. The summed E-state index contributed by atoms with van der Waals surface area (Å²) in [7, 11) is 0. The first-order chi connectivity index (χ1) is 9.27. The molecule has 0 N–H and O–H groups in total. The van der Waals surface area contributed by atoms with Crippen LogP contribution in [0.3, 0.4) is 0 Å². The average Bonchev–Trinajstić information content (AvgIpc) is 2.49. The van der Waals surface area contributed by atoms with Crippen molar-refractivity contribution in [3.63, 3.8) is 0 Å². The largest absolute Gasteiger partial charge is 0.292 e. The van der Waals surface area contributed by atoms with E-state index in [1.54, 1.807) is 6.07 Å². The number of thioether (sulfide) groups is 1. The minimum Gasteiger partial charge on any atom is -0.292 e. The number of benzene rings is 2. The first kappa shape index (κ1) is 13.4. The van der Waals surface area contributed by atoms with Crippen molar-refractivity contribution in [3.05, 3.63) is 65.7 Å². The van der Waals surface area contributed by atoms with E-state index in [1.807, 2.05) is 54.8 Å². The summed E-state index contributed by atoms with van der Waals surface area (Å²) in [5.74, 6) is -0.881. The second-order valence-electron chi connectivity index (χ2n) is 4.04. The Kier molecular flexibility index (Phi) is 4.38. The number of rotatable bonds is 4. The van der Waals surface area contributed by atoms with E-state index in [-0.39, 0.29) is 5.78 Å². The van der Waals surface area contributed by atoms with Gasteiger partial charge in [-0.2, -0.15) is 5.26 Å². The van der Waals surface area contributed by atoms with Crippen molar-refractivity contribution < 1.29 is 4.79 Å². The molecule has 0 amide bonds. The summed E-state index contributed by atoms with van der Waals surface area (Å²) < 4.78 is 0. The van der Waals surface area contributed by atoms with Crippen LogP contribution in [0, 0.1) is 11.3 Å². The highest BCUT2D eigenvalue weighted by Gasteiger charge is 2.23. The molecule has 0 saturated carbocycles. The summed E-state index contributed by atoms with van der Waals surface area (Å²) in [6, 6.07) is 18.7. The molecule has 0 aliphatic carbocycles. The van der Waals surface area contributed by atoms with Crippen molar-refractivity contribution in [2.45, 2.75) is 10.8 Å². The lowest BCUT2D eigenvalue weighted by Crippen LogP contribution is -2.12. The van der Waals surface area contributed by atoms with Gasteiger partial charge in [0, 0.05) is 10.5 Å². The van der Waals surface area contributed by atoms with Crippen molar-refractivity contribution in [3.8, 4) is 6.07 Å². The van der Waals surface area contributed by atoms with Gasteiger partial charge in [-0.25, -0.2) is 0 Å². The molecular formula is C16H13NOS. The standard InChI is InChI=1S/C16H13NOS/c1-19-15-10-6-5-9-13(15)16(18)14(11-17)12-7-3-2-4-8-12/h2-10,14H,1H3. The minimum absolute atomic E-state index is 0.140. The molecule has 94 valence electrons. The van der Waals surface area contributed by atoms with Crippen LogP contribution in [0.15, 0.2) is 59.5 Å². The van der Waals surface area contributed by atoms with E-state index in [2.05, 4.69) is 6.07 Å². The van der Waals surface area contributed by atoms with E-state index in [4.69, 9.17) is 0 Å². The normalized spacial score (nSPS) is 11.6. The molecule has 2 nitrogen and oxygen atoms in total. The SMILES string of the molecule is CSc1ccccc1C(=O)C(C#N)c1ccccc1. The van der Waals surface area contributed by atoms with Crippen LogP contribution in [0.5, 0.6) is 0 Å². The number of hydrogen-bond donors (Lipinski definition) is 0. The minimum atomic E-state index is -0.741. The monoisotopic (exact) mass is 267 g/mol. The molecule has 2 aromatic carbocycles. The van der Waals surface area contributed by atoms with Gasteiger partial charge in [-0.1, -0.05) is 48.5 Å². The van der Waals surface area contributed by atoms with E-state index < -0.39 is 5.92 Å². The Labute approximate surface area is 117 Å². The molecule has 0 fully saturated rings. The van der Waals surface area contributed by atoms with Gasteiger partial charge in [-0.3, -0.25) is 4.79 Å². The molecule has 1 unspecified atom stereocenters. The summed E-state index contributed by atoms with van der Waals surface area (Å²) >= 11 is 1.52. The molecular weight excluding hydrogens is 254 g/mol. The van der Waals surface area contributed by atoms with Crippen molar-refractivity contribution in [2.75, 3.05) is 6.26 Å². The van der Waals surface area contributed by atoms with E-state index in [0.717, 1.165) is 10.5 Å². The third-order valence-corrected chi connectivity index (χ3v) is 3.69. The average molecular weight is 267 g/mol. The van der Waals surface area contributed by atoms with E-state index in [0.29, 0.717) is 5.56 Å². The topological polar surface area (TPSA) is 40.9 Å². The molecule has 0 aromatic heterocycles. The Morgan fingerprint density at radius 1 is 1.11 bits per heavy atom. The van der Waals surface area contributed by atoms with E-state index in [1.165, 1.54) is 11.8 Å². The molecule has 0 saturated heterocycles.